The average molecular weight is 281 g/mol. The first-order valence-corrected chi connectivity index (χ1v) is 6.11. The van der Waals surface area contributed by atoms with Crippen LogP contribution in [0.15, 0.2) is 0 Å². The molecule has 0 aromatic heterocycles. The minimum Gasteiger partial charge on any atom is -0.153 e. The van der Waals surface area contributed by atoms with Crippen LogP contribution in [-0.2, 0) is 0 Å². The van der Waals surface area contributed by atoms with Crippen LogP contribution in [-0.4, -0.2) is 24.5 Å². The van der Waals surface area contributed by atoms with E-state index in [0.717, 1.165) is 0 Å². The molecule has 0 N–H and O–H groups in total. The van der Waals surface area contributed by atoms with Gasteiger partial charge in [-0.25, -0.2) is 0 Å². The summed E-state index contributed by atoms with van der Waals surface area (Å²) in [5.74, 6) is 0. The van der Waals surface area contributed by atoms with Gasteiger partial charge < -0.3 is 4.90 Å². The number of rotatable bonds is 3. The summed E-state index contributed by atoms with van der Waals surface area (Å²) < 4.78 is 59.2. The summed E-state index contributed by atoms with van der Waals surface area (Å²) in [7, 11) is -10.7. The average Bonchev–Trinajstić information content (AvgIpc) is 1.84. The minimum atomic E-state index is -10.7. The molecule has 15 heavy (non-hydrogen) atoms. The van der Waals surface area contributed by atoms with E-state index in [1.54, 1.807) is 0 Å². The monoisotopic (exact) mass is 281 g/mol. The summed E-state index contributed by atoms with van der Waals surface area (Å²) in [5.41, 5.74) is 0. The molecule has 1 atom stereocenters. The van der Waals surface area contributed by atoms with Crippen molar-refractivity contribution in [1.82, 2.24) is 4.90 Å². The van der Waals surface area contributed by atoms with Gasteiger partial charge in [0.25, 0.3) is 0 Å². The van der Waals surface area contributed by atoms with Gasteiger partial charge in [-0.15, -0.1) is 0 Å². The standard InChI is InChI=1S/C6H15N.F6P.H3P/c1-4-7(5-2)6-3;1-7(2,3,4,5)6;/h4-6H2,1-3H3;;1H3/q;-1;/p+1. The Hall–Kier alpha value is 0.400. The third kappa shape index (κ3) is 54.1. The Bertz CT molecular complexity index is 147. The van der Waals surface area contributed by atoms with E-state index in [4.69, 9.17) is 0 Å². The van der Waals surface area contributed by atoms with Crippen LogP contribution in [0.3, 0.4) is 0 Å². The van der Waals surface area contributed by atoms with E-state index in [1.165, 1.54) is 19.6 Å². The molecular formula is C6H19F6NP2. The number of hydrogen-bond donors (Lipinski definition) is 0. The van der Waals surface area contributed by atoms with Crippen molar-refractivity contribution >= 4 is 17.7 Å². The van der Waals surface area contributed by atoms with Gasteiger partial charge in [-0.05, 0) is 19.6 Å². The van der Waals surface area contributed by atoms with Gasteiger partial charge in [-0.1, -0.05) is 20.8 Å². The van der Waals surface area contributed by atoms with Crippen molar-refractivity contribution in [2.75, 3.05) is 19.6 Å². The zero-order valence-electron chi connectivity index (χ0n) is 9.99. The second kappa shape index (κ2) is 5.65. The van der Waals surface area contributed by atoms with Gasteiger partial charge >= 0.3 is 34.4 Å². The van der Waals surface area contributed by atoms with Crippen LogP contribution in [0, 0.1) is 0 Å². The second-order valence-electron chi connectivity index (χ2n) is 2.58. The minimum absolute atomic E-state index is 0. The molecule has 0 radical (unpaired) electrons. The van der Waals surface area contributed by atoms with Gasteiger partial charge in [0, 0.05) is 0 Å². The first-order chi connectivity index (χ1) is 5.80. The third-order valence-electron chi connectivity index (χ3n) is 1.34. The molecule has 0 amide bonds. The van der Waals surface area contributed by atoms with E-state index in [9.17, 15) is 25.2 Å². The quantitative estimate of drug-likeness (QED) is 0.525. The Kier molecular flexibility index (Phi) is 7.82. The molecule has 1 unspecified atom stereocenters. The number of hydrogen-bond acceptors (Lipinski definition) is 1. The molecule has 0 aromatic rings. The topological polar surface area (TPSA) is 3.24 Å². The molecule has 0 aromatic carbocycles. The van der Waals surface area contributed by atoms with Crippen LogP contribution in [0.1, 0.15) is 22.2 Å². The molecule has 0 fully saturated rings. The SMILES string of the molecule is CCN(CC)CC.F[P-](F)(F)(F)(F)F.P.[H+]. The molecule has 0 saturated carbocycles. The first kappa shape index (κ1) is 20.8. The van der Waals surface area contributed by atoms with E-state index in [2.05, 4.69) is 25.7 Å². The maximum Gasteiger partial charge on any atom is 1.00 e. The van der Waals surface area contributed by atoms with Crippen molar-refractivity contribution in [3.63, 3.8) is 0 Å². The van der Waals surface area contributed by atoms with Crippen LogP contribution in [0.5, 0.6) is 0 Å². The van der Waals surface area contributed by atoms with Gasteiger partial charge in [0.1, 0.15) is 0 Å². The molecule has 0 rings (SSSR count). The molecule has 0 heterocycles. The van der Waals surface area contributed by atoms with Gasteiger partial charge in [-0.3, -0.25) is 0 Å². The zero-order valence-corrected chi connectivity index (χ0v) is 11.3. The van der Waals surface area contributed by atoms with Crippen LogP contribution >= 0.6 is 17.7 Å². The van der Waals surface area contributed by atoms with E-state index < -0.39 is 7.81 Å². The van der Waals surface area contributed by atoms with Gasteiger partial charge in [0.2, 0.25) is 0 Å². The normalized spacial score (nSPS) is 15.6. The molecule has 0 spiro atoms. The van der Waals surface area contributed by atoms with Crippen molar-refractivity contribution in [2.45, 2.75) is 20.8 Å². The number of nitrogens with zero attached hydrogens (tertiary/aromatic N) is 1. The Morgan fingerprint density at radius 1 is 0.800 bits per heavy atom. The molecular weight excluding hydrogens is 262 g/mol. The molecule has 0 aliphatic rings. The second-order valence-corrected chi connectivity index (χ2v) is 4.49. The molecule has 0 aliphatic heterocycles. The maximum atomic E-state index is 9.87. The smallest absolute Gasteiger partial charge is 0.153 e. The summed E-state index contributed by atoms with van der Waals surface area (Å²) in [6.07, 6.45) is 0. The zero-order chi connectivity index (χ0) is 12.1. The molecule has 1 nitrogen and oxygen atoms in total. The van der Waals surface area contributed by atoms with Crippen molar-refractivity contribution in [1.29, 1.82) is 0 Å². The van der Waals surface area contributed by atoms with E-state index in [0.29, 0.717) is 0 Å². The molecule has 100 valence electrons. The van der Waals surface area contributed by atoms with E-state index >= 15 is 0 Å². The third-order valence-corrected chi connectivity index (χ3v) is 1.34. The fourth-order valence-corrected chi connectivity index (χ4v) is 0.671. The van der Waals surface area contributed by atoms with E-state index in [-0.39, 0.29) is 11.3 Å². The summed E-state index contributed by atoms with van der Waals surface area (Å²) >= 11 is 0. The fourth-order valence-electron chi connectivity index (χ4n) is 0.671. The fraction of sp³-hybridized carbons (Fsp3) is 1.00. The van der Waals surface area contributed by atoms with Crippen molar-refractivity contribution in [3.8, 4) is 0 Å². The van der Waals surface area contributed by atoms with Crippen molar-refractivity contribution < 1.29 is 26.6 Å². The maximum absolute atomic E-state index is 10.7. The Labute approximate surface area is 90.5 Å². The van der Waals surface area contributed by atoms with Gasteiger partial charge in [-0.2, -0.15) is 9.90 Å². The predicted octanol–water partition coefficient (Wildman–Crippen LogP) is 4.90. The number of halogens is 6. The van der Waals surface area contributed by atoms with Crippen LogP contribution in [0.25, 0.3) is 0 Å². The first-order valence-electron chi connectivity index (χ1n) is 4.08. The summed E-state index contributed by atoms with van der Waals surface area (Å²) in [6, 6.07) is 0. The Balaban J connectivity index is -0.0000000800. The summed E-state index contributed by atoms with van der Waals surface area (Å²) in [6.45, 7) is 10.1. The Morgan fingerprint density at radius 3 is 0.933 bits per heavy atom. The molecule has 0 aliphatic carbocycles. The van der Waals surface area contributed by atoms with Crippen molar-refractivity contribution in [2.24, 2.45) is 0 Å². The van der Waals surface area contributed by atoms with Crippen LogP contribution in [0.2, 0.25) is 0 Å². The summed E-state index contributed by atoms with van der Waals surface area (Å²) in [5, 5.41) is 0. The van der Waals surface area contributed by atoms with E-state index in [1.807, 2.05) is 0 Å². The Morgan fingerprint density at radius 2 is 0.933 bits per heavy atom. The molecule has 0 bridgehead atoms. The van der Waals surface area contributed by atoms with Gasteiger partial charge in [0.15, 0.2) is 0 Å². The van der Waals surface area contributed by atoms with Crippen LogP contribution in [0.4, 0.5) is 25.2 Å². The molecule has 0 saturated heterocycles. The van der Waals surface area contributed by atoms with Crippen molar-refractivity contribution in [3.05, 3.63) is 0 Å². The largest absolute Gasteiger partial charge is 1.00 e. The van der Waals surface area contributed by atoms with Gasteiger partial charge in [0.05, 0.1) is 0 Å². The molecule has 9 heteroatoms. The predicted molar refractivity (Wildman–Crippen MR) is 59.2 cm³/mol. The summed E-state index contributed by atoms with van der Waals surface area (Å²) in [4.78, 5) is 2.38. The van der Waals surface area contributed by atoms with Crippen LogP contribution < -0.4 is 0 Å².